The third-order valence-electron chi connectivity index (χ3n) is 3.33. The summed E-state index contributed by atoms with van der Waals surface area (Å²) in [5, 5.41) is 18.2. The maximum absolute atomic E-state index is 9.20. The van der Waals surface area contributed by atoms with Gasteiger partial charge in [0, 0.05) is 5.92 Å². The molecule has 0 saturated heterocycles. The second-order valence-electron chi connectivity index (χ2n) is 4.46. The molecule has 2 rings (SSSR count). The maximum Gasteiger partial charge on any atom is 0.186 e. The zero-order chi connectivity index (χ0) is 14.7. The van der Waals surface area contributed by atoms with E-state index in [1.54, 1.807) is 16.8 Å². The van der Waals surface area contributed by atoms with E-state index >= 15 is 0 Å². The van der Waals surface area contributed by atoms with Crippen LogP contribution >= 0.6 is 23.2 Å². The molecule has 0 unspecified atom stereocenters. The van der Waals surface area contributed by atoms with Crippen LogP contribution in [0.3, 0.4) is 0 Å². The van der Waals surface area contributed by atoms with Crippen LogP contribution in [0.1, 0.15) is 44.0 Å². The molecule has 1 heterocycles. The van der Waals surface area contributed by atoms with Crippen molar-refractivity contribution in [2.45, 2.75) is 32.6 Å². The molecule has 0 atom stereocenters. The van der Waals surface area contributed by atoms with Crippen molar-refractivity contribution >= 4 is 23.2 Å². The van der Waals surface area contributed by atoms with Crippen molar-refractivity contribution in [2.24, 2.45) is 0 Å². The predicted octanol–water partition coefficient (Wildman–Crippen LogP) is 4.35. The Labute approximate surface area is 127 Å². The molecular formula is C14H14Cl2N4. The topological polar surface area (TPSA) is 54.5 Å². The van der Waals surface area contributed by atoms with E-state index in [0.717, 1.165) is 24.2 Å². The number of aromatic nitrogens is 3. The van der Waals surface area contributed by atoms with Gasteiger partial charge in [0.15, 0.2) is 5.69 Å². The summed E-state index contributed by atoms with van der Waals surface area (Å²) in [6.07, 6.45) is 1.83. The molecule has 0 fully saturated rings. The minimum Gasteiger partial charge on any atom is -0.216 e. The average Bonchev–Trinajstić information content (AvgIpc) is 2.87. The van der Waals surface area contributed by atoms with Gasteiger partial charge in [0.05, 0.1) is 21.4 Å². The van der Waals surface area contributed by atoms with Crippen molar-refractivity contribution in [3.8, 4) is 11.8 Å². The Bertz CT molecular complexity index is 654. The van der Waals surface area contributed by atoms with Crippen LogP contribution in [0.4, 0.5) is 0 Å². The molecule has 0 spiro atoms. The number of hydrogen-bond donors (Lipinski definition) is 0. The third-order valence-corrected chi connectivity index (χ3v) is 4.07. The standard InChI is InChI=1S/C14H14Cl2N4/c1-3-9(4-2)14-13(8-17)18-19-20(14)10-5-6-11(15)12(16)7-10/h5-7,9H,3-4H2,1-2H3. The van der Waals surface area contributed by atoms with Crippen molar-refractivity contribution < 1.29 is 0 Å². The number of nitriles is 1. The molecule has 0 saturated carbocycles. The minimum absolute atomic E-state index is 0.231. The first kappa shape index (κ1) is 14.8. The van der Waals surface area contributed by atoms with Gasteiger partial charge in [0.2, 0.25) is 0 Å². The van der Waals surface area contributed by atoms with Crippen molar-refractivity contribution in [2.75, 3.05) is 0 Å². The van der Waals surface area contributed by atoms with Gasteiger partial charge in [-0.3, -0.25) is 0 Å². The minimum atomic E-state index is 0.231. The lowest BCUT2D eigenvalue weighted by atomic mass is 9.97. The molecule has 0 radical (unpaired) electrons. The summed E-state index contributed by atoms with van der Waals surface area (Å²) < 4.78 is 1.68. The summed E-state index contributed by atoms with van der Waals surface area (Å²) in [6.45, 7) is 4.17. The van der Waals surface area contributed by atoms with E-state index in [2.05, 4.69) is 30.2 Å². The van der Waals surface area contributed by atoms with Gasteiger partial charge in [-0.15, -0.1) is 5.10 Å². The summed E-state index contributed by atoms with van der Waals surface area (Å²) in [7, 11) is 0. The Balaban J connectivity index is 2.59. The monoisotopic (exact) mass is 308 g/mol. The molecule has 0 bridgehead atoms. The summed E-state index contributed by atoms with van der Waals surface area (Å²) >= 11 is 12.0. The van der Waals surface area contributed by atoms with Crippen LogP contribution in [0.15, 0.2) is 18.2 Å². The van der Waals surface area contributed by atoms with Gasteiger partial charge >= 0.3 is 0 Å². The van der Waals surface area contributed by atoms with E-state index in [1.165, 1.54) is 0 Å². The molecule has 2 aromatic rings. The van der Waals surface area contributed by atoms with Crippen LogP contribution in [0.5, 0.6) is 0 Å². The van der Waals surface area contributed by atoms with Crippen molar-refractivity contribution in [3.05, 3.63) is 39.6 Å². The van der Waals surface area contributed by atoms with E-state index < -0.39 is 0 Å². The normalized spacial score (nSPS) is 10.8. The van der Waals surface area contributed by atoms with Gasteiger partial charge in [-0.25, -0.2) is 4.68 Å². The SMILES string of the molecule is CCC(CC)c1c(C#N)nnn1-c1ccc(Cl)c(Cl)c1. The Morgan fingerprint density at radius 2 is 1.95 bits per heavy atom. The zero-order valence-corrected chi connectivity index (χ0v) is 12.8. The Morgan fingerprint density at radius 3 is 2.50 bits per heavy atom. The van der Waals surface area contributed by atoms with Gasteiger partial charge in [-0.2, -0.15) is 5.26 Å². The number of benzene rings is 1. The van der Waals surface area contributed by atoms with Crippen LogP contribution in [-0.4, -0.2) is 15.0 Å². The predicted molar refractivity (Wildman–Crippen MR) is 79.4 cm³/mol. The van der Waals surface area contributed by atoms with Crippen LogP contribution in [0.25, 0.3) is 5.69 Å². The highest BCUT2D eigenvalue weighted by molar-refractivity contribution is 6.42. The molecule has 6 heteroatoms. The number of rotatable bonds is 4. The quantitative estimate of drug-likeness (QED) is 0.843. The van der Waals surface area contributed by atoms with Crippen molar-refractivity contribution in [3.63, 3.8) is 0 Å². The second kappa shape index (κ2) is 6.25. The maximum atomic E-state index is 9.20. The summed E-state index contributed by atoms with van der Waals surface area (Å²) in [5.74, 6) is 0.231. The van der Waals surface area contributed by atoms with Crippen LogP contribution in [0.2, 0.25) is 10.0 Å². The molecule has 1 aromatic carbocycles. The number of halogens is 2. The smallest absolute Gasteiger partial charge is 0.186 e. The summed E-state index contributed by atoms with van der Waals surface area (Å²) in [5.41, 5.74) is 1.95. The molecular weight excluding hydrogens is 295 g/mol. The first-order chi connectivity index (χ1) is 9.62. The lowest BCUT2D eigenvalue weighted by Gasteiger charge is -2.14. The fraction of sp³-hybridized carbons (Fsp3) is 0.357. The zero-order valence-electron chi connectivity index (χ0n) is 11.3. The Hall–Kier alpha value is -1.57. The van der Waals surface area contributed by atoms with E-state index in [-0.39, 0.29) is 5.92 Å². The van der Waals surface area contributed by atoms with Crippen LogP contribution < -0.4 is 0 Å². The molecule has 0 aliphatic heterocycles. The van der Waals surface area contributed by atoms with Crippen LogP contribution in [0, 0.1) is 11.3 Å². The molecule has 0 amide bonds. The van der Waals surface area contributed by atoms with E-state index in [0.29, 0.717) is 15.7 Å². The van der Waals surface area contributed by atoms with E-state index in [9.17, 15) is 5.26 Å². The van der Waals surface area contributed by atoms with Crippen LogP contribution in [-0.2, 0) is 0 Å². The average molecular weight is 309 g/mol. The molecule has 0 aliphatic carbocycles. The Morgan fingerprint density at radius 1 is 1.25 bits per heavy atom. The highest BCUT2D eigenvalue weighted by Crippen LogP contribution is 2.29. The highest BCUT2D eigenvalue weighted by Gasteiger charge is 2.21. The molecule has 104 valence electrons. The summed E-state index contributed by atoms with van der Waals surface area (Å²) in [6, 6.07) is 7.36. The first-order valence-corrected chi connectivity index (χ1v) is 7.19. The van der Waals surface area contributed by atoms with Gasteiger partial charge in [0.1, 0.15) is 6.07 Å². The molecule has 0 N–H and O–H groups in total. The molecule has 1 aromatic heterocycles. The van der Waals surface area contributed by atoms with Gasteiger partial charge < -0.3 is 0 Å². The number of nitrogens with zero attached hydrogens (tertiary/aromatic N) is 4. The lowest BCUT2D eigenvalue weighted by Crippen LogP contribution is -2.08. The fourth-order valence-corrected chi connectivity index (χ4v) is 2.51. The fourth-order valence-electron chi connectivity index (χ4n) is 2.22. The van der Waals surface area contributed by atoms with Gasteiger partial charge in [-0.1, -0.05) is 42.3 Å². The molecule has 0 aliphatic rings. The largest absolute Gasteiger partial charge is 0.216 e. The first-order valence-electron chi connectivity index (χ1n) is 6.43. The number of hydrogen-bond acceptors (Lipinski definition) is 3. The van der Waals surface area contributed by atoms with Crippen molar-refractivity contribution in [1.82, 2.24) is 15.0 Å². The van der Waals surface area contributed by atoms with Gasteiger partial charge in [-0.05, 0) is 31.0 Å². The molecule has 4 nitrogen and oxygen atoms in total. The lowest BCUT2D eigenvalue weighted by molar-refractivity contribution is 0.594. The molecule has 20 heavy (non-hydrogen) atoms. The second-order valence-corrected chi connectivity index (χ2v) is 5.27. The van der Waals surface area contributed by atoms with Crippen molar-refractivity contribution in [1.29, 1.82) is 5.26 Å². The van der Waals surface area contributed by atoms with E-state index in [1.807, 2.05) is 6.07 Å². The van der Waals surface area contributed by atoms with Gasteiger partial charge in [0.25, 0.3) is 0 Å². The van der Waals surface area contributed by atoms with E-state index in [4.69, 9.17) is 23.2 Å². The third kappa shape index (κ3) is 2.65. The Kier molecular flexibility index (Phi) is 4.64. The summed E-state index contributed by atoms with van der Waals surface area (Å²) in [4.78, 5) is 0. The highest BCUT2D eigenvalue weighted by atomic mass is 35.5.